The van der Waals surface area contributed by atoms with Crippen molar-refractivity contribution in [3.8, 4) is 0 Å². The first-order valence-corrected chi connectivity index (χ1v) is 6.81. The standard InChI is InChI=1S/C12H16N2O.C3H8O/c15-10-11-2-4-12(5-3-11)14-8-1-6-13-7-9-14;1-3-4-2/h2-5,10,13H,1,6-9H2;3H2,1-2H3. The van der Waals surface area contributed by atoms with E-state index < -0.39 is 0 Å². The Morgan fingerprint density at radius 2 is 1.95 bits per heavy atom. The fourth-order valence-electron chi connectivity index (χ4n) is 1.87. The second-order valence-corrected chi connectivity index (χ2v) is 4.38. The van der Waals surface area contributed by atoms with Crippen LogP contribution in [0.2, 0.25) is 0 Å². The van der Waals surface area contributed by atoms with Crippen LogP contribution in [0.5, 0.6) is 0 Å². The van der Waals surface area contributed by atoms with Gasteiger partial charge >= 0.3 is 0 Å². The predicted octanol–water partition coefficient (Wildman–Crippen LogP) is 1.95. The largest absolute Gasteiger partial charge is 0.385 e. The summed E-state index contributed by atoms with van der Waals surface area (Å²) in [7, 11) is 1.68. The average Bonchev–Trinajstić information content (AvgIpc) is 2.77. The number of carbonyl (C=O) groups is 1. The van der Waals surface area contributed by atoms with Gasteiger partial charge in [0.1, 0.15) is 6.29 Å². The Morgan fingerprint density at radius 1 is 1.26 bits per heavy atom. The maximum Gasteiger partial charge on any atom is 0.150 e. The van der Waals surface area contributed by atoms with E-state index in [1.54, 1.807) is 7.11 Å². The zero-order valence-corrected chi connectivity index (χ0v) is 11.9. The monoisotopic (exact) mass is 264 g/mol. The Labute approximate surface area is 115 Å². The molecule has 1 aromatic rings. The minimum Gasteiger partial charge on any atom is -0.385 e. The van der Waals surface area contributed by atoms with Crippen LogP contribution in [-0.4, -0.2) is 46.2 Å². The molecule has 0 amide bonds. The summed E-state index contributed by atoms with van der Waals surface area (Å²) in [5.74, 6) is 0. The molecule has 1 N–H and O–H groups in total. The van der Waals surface area contributed by atoms with Gasteiger partial charge in [-0.15, -0.1) is 0 Å². The van der Waals surface area contributed by atoms with Crippen LogP contribution in [0.25, 0.3) is 0 Å². The first-order valence-electron chi connectivity index (χ1n) is 6.81. The normalized spacial score (nSPS) is 15.2. The van der Waals surface area contributed by atoms with Crippen molar-refractivity contribution < 1.29 is 9.53 Å². The Morgan fingerprint density at radius 3 is 2.53 bits per heavy atom. The van der Waals surface area contributed by atoms with E-state index in [0.29, 0.717) is 0 Å². The molecule has 0 saturated carbocycles. The number of carbonyl (C=O) groups excluding carboxylic acids is 1. The third-order valence-electron chi connectivity index (χ3n) is 3.02. The summed E-state index contributed by atoms with van der Waals surface area (Å²) >= 11 is 0. The Hall–Kier alpha value is -1.39. The number of ether oxygens (including phenoxy) is 1. The number of hydrogen-bond acceptors (Lipinski definition) is 4. The number of rotatable bonds is 3. The van der Waals surface area contributed by atoms with Gasteiger partial charge in [0.25, 0.3) is 0 Å². The number of aldehydes is 1. The molecule has 0 radical (unpaired) electrons. The molecule has 1 aromatic carbocycles. The van der Waals surface area contributed by atoms with Crippen LogP contribution in [0.1, 0.15) is 23.7 Å². The topological polar surface area (TPSA) is 41.6 Å². The summed E-state index contributed by atoms with van der Waals surface area (Å²) < 4.78 is 4.54. The molecule has 0 aliphatic carbocycles. The smallest absolute Gasteiger partial charge is 0.150 e. The molecule has 19 heavy (non-hydrogen) atoms. The van der Waals surface area contributed by atoms with Crippen molar-refractivity contribution in [1.29, 1.82) is 0 Å². The average molecular weight is 264 g/mol. The van der Waals surface area contributed by atoms with E-state index in [-0.39, 0.29) is 0 Å². The van der Waals surface area contributed by atoms with Crippen molar-refractivity contribution in [2.24, 2.45) is 0 Å². The Balaban J connectivity index is 0.000000399. The number of benzene rings is 1. The summed E-state index contributed by atoms with van der Waals surface area (Å²) in [4.78, 5) is 12.9. The molecule has 1 aliphatic rings. The summed E-state index contributed by atoms with van der Waals surface area (Å²) in [5, 5.41) is 3.37. The lowest BCUT2D eigenvalue weighted by Crippen LogP contribution is -2.27. The van der Waals surface area contributed by atoms with Crippen LogP contribution in [-0.2, 0) is 4.74 Å². The van der Waals surface area contributed by atoms with Gasteiger partial charge < -0.3 is 15.0 Å². The van der Waals surface area contributed by atoms with Gasteiger partial charge in [0.2, 0.25) is 0 Å². The van der Waals surface area contributed by atoms with Gasteiger partial charge in [0, 0.05) is 44.6 Å². The zero-order valence-electron chi connectivity index (χ0n) is 11.9. The molecule has 4 nitrogen and oxygen atoms in total. The van der Waals surface area contributed by atoms with E-state index in [9.17, 15) is 4.79 Å². The van der Waals surface area contributed by atoms with Crippen LogP contribution in [0, 0.1) is 0 Å². The van der Waals surface area contributed by atoms with Crippen molar-refractivity contribution in [1.82, 2.24) is 5.32 Å². The fourth-order valence-corrected chi connectivity index (χ4v) is 1.87. The molecule has 2 rings (SSSR count). The molecule has 1 fully saturated rings. The van der Waals surface area contributed by atoms with Crippen molar-refractivity contribution in [2.45, 2.75) is 13.3 Å². The fraction of sp³-hybridized carbons (Fsp3) is 0.533. The molecule has 4 heteroatoms. The Bertz CT molecular complexity index is 342. The van der Waals surface area contributed by atoms with Gasteiger partial charge in [-0.3, -0.25) is 4.79 Å². The van der Waals surface area contributed by atoms with Gasteiger partial charge in [-0.25, -0.2) is 0 Å². The maximum absolute atomic E-state index is 10.5. The summed E-state index contributed by atoms with van der Waals surface area (Å²) in [6.45, 7) is 7.05. The third kappa shape index (κ3) is 5.85. The molecule has 0 unspecified atom stereocenters. The van der Waals surface area contributed by atoms with Crippen molar-refractivity contribution in [3.05, 3.63) is 29.8 Å². The molecule has 106 valence electrons. The molecule has 0 atom stereocenters. The second-order valence-electron chi connectivity index (χ2n) is 4.38. The highest BCUT2D eigenvalue weighted by atomic mass is 16.5. The van der Waals surface area contributed by atoms with Gasteiger partial charge in [-0.2, -0.15) is 0 Å². The van der Waals surface area contributed by atoms with Crippen LogP contribution < -0.4 is 10.2 Å². The Kier molecular flexibility index (Phi) is 7.86. The van der Waals surface area contributed by atoms with Crippen LogP contribution in [0.15, 0.2) is 24.3 Å². The van der Waals surface area contributed by atoms with E-state index in [0.717, 1.165) is 44.6 Å². The lowest BCUT2D eigenvalue weighted by Gasteiger charge is -2.22. The SMILES string of the molecule is CCOC.O=Cc1ccc(N2CCCNCC2)cc1. The minimum atomic E-state index is 0.742. The van der Waals surface area contributed by atoms with Crippen LogP contribution in [0.4, 0.5) is 5.69 Å². The molecular formula is C15H24N2O2. The van der Waals surface area contributed by atoms with Crippen molar-refractivity contribution >= 4 is 12.0 Å². The number of anilines is 1. The van der Waals surface area contributed by atoms with Gasteiger partial charge in [-0.1, -0.05) is 0 Å². The molecule has 1 saturated heterocycles. The second kappa shape index (κ2) is 9.53. The number of hydrogen-bond donors (Lipinski definition) is 1. The maximum atomic E-state index is 10.5. The predicted molar refractivity (Wildman–Crippen MR) is 79.1 cm³/mol. The van der Waals surface area contributed by atoms with E-state index in [1.165, 1.54) is 12.1 Å². The molecule has 0 bridgehead atoms. The van der Waals surface area contributed by atoms with Gasteiger partial charge in [0.15, 0.2) is 0 Å². The minimum absolute atomic E-state index is 0.742. The highest BCUT2D eigenvalue weighted by Gasteiger charge is 2.08. The van der Waals surface area contributed by atoms with Crippen LogP contribution in [0.3, 0.4) is 0 Å². The first-order chi connectivity index (χ1) is 9.31. The molecule has 1 aliphatic heterocycles. The quantitative estimate of drug-likeness (QED) is 0.847. The molecule has 1 heterocycles. The lowest BCUT2D eigenvalue weighted by molar-refractivity contribution is 0.112. The van der Waals surface area contributed by atoms with Crippen LogP contribution >= 0.6 is 0 Å². The third-order valence-corrected chi connectivity index (χ3v) is 3.02. The molecule has 0 spiro atoms. The van der Waals surface area contributed by atoms with Crippen molar-refractivity contribution in [2.75, 3.05) is 44.8 Å². The van der Waals surface area contributed by atoms with E-state index in [4.69, 9.17) is 0 Å². The molecule has 0 aromatic heterocycles. The summed E-state index contributed by atoms with van der Waals surface area (Å²) in [6, 6.07) is 7.80. The number of methoxy groups -OCH3 is 1. The number of nitrogens with one attached hydrogen (secondary N) is 1. The lowest BCUT2D eigenvalue weighted by atomic mass is 10.2. The van der Waals surface area contributed by atoms with E-state index in [2.05, 4.69) is 15.0 Å². The van der Waals surface area contributed by atoms with E-state index in [1.807, 2.05) is 31.2 Å². The summed E-state index contributed by atoms with van der Waals surface area (Å²) in [5.41, 5.74) is 1.95. The van der Waals surface area contributed by atoms with Gasteiger partial charge in [-0.05, 0) is 44.2 Å². The zero-order chi connectivity index (χ0) is 13.9. The van der Waals surface area contributed by atoms with Crippen molar-refractivity contribution in [3.63, 3.8) is 0 Å². The van der Waals surface area contributed by atoms with Gasteiger partial charge in [0.05, 0.1) is 0 Å². The first kappa shape index (κ1) is 15.7. The van der Waals surface area contributed by atoms with E-state index >= 15 is 0 Å². The highest BCUT2D eigenvalue weighted by Crippen LogP contribution is 2.15. The number of nitrogens with zero attached hydrogens (tertiary/aromatic N) is 1. The summed E-state index contributed by atoms with van der Waals surface area (Å²) in [6.07, 6.45) is 2.06. The molecular weight excluding hydrogens is 240 g/mol. The highest BCUT2D eigenvalue weighted by molar-refractivity contribution is 5.75.